The molecule has 2 fully saturated rings. The highest BCUT2D eigenvalue weighted by Gasteiger charge is 2.32. The van der Waals surface area contributed by atoms with E-state index in [9.17, 15) is 0 Å². The molecule has 0 aromatic heterocycles. The number of ether oxygens (including phenoxy) is 3. The first-order valence-corrected chi connectivity index (χ1v) is 7.90. The predicted octanol–water partition coefficient (Wildman–Crippen LogP) is 2.28. The lowest BCUT2D eigenvalue weighted by atomic mass is 9.99. The molecule has 4 heteroatoms. The van der Waals surface area contributed by atoms with Gasteiger partial charge in [-0.15, -0.1) is 0 Å². The summed E-state index contributed by atoms with van der Waals surface area (Å²) in [6, 6.07) is 0. The molecule has 0 N–H and O–H groups in total. The molecule has 0 aromatic rings. The van der Waals surface area contributed by atoms with Crippen molar-refractivity contribution in [2.75, 3.05) is 39.5 Å². The van der Waals surface area contributed by atoms with Crippen LogP contribution >= 0.6 is 0 Å². The van der Waals surface area contributed by atoms with E-state index in [0.717, 1.165) is 45.9 Å². The molecular weight excluding hydrogens is 242 g/mol. The third-order valence-corrected chi connectivity index (χ3v) is 4.18. The Bertz CT molecular complexity index is 244. The summed E-state index contributed by atoms with van der Waals surface area (Å²) in [6.07, 6.45) is 5.18. The average molecular weight is 271 g/mol. The van der Waals surface area contributed by atoms with Gasteiger partial charge in [0.2, 0.25) is 0 Å². The maximum absolute atomic E-state index is 6.11. The molecule has 0 unspecified atom stereocenters. The number of rotatable bonds is 7. The van der Waals surface area contributed by atoms with Crippen LogP contribution in [-0.2, 0) is 14.2 Å². The normalized spacial score (nSPS) is 30.6. The van der Waals surface area contributed by atoms with E-state index in [1.54, 1.807) is 0 Å². The lowest BCUT2D eigenvalue weighted by Crippen LogP contribution is -2.41. The third kappa shape index (κ3) is 4.71. The van der Waals surface area contributed by atoms with Crippen LogP contribution in [0.1, 0.15) is 39.5 Å². The highest BCUT2D eigenvalue weighted by Crippen LogP contribution is 2.26. The van der Waals surface area contributed by atoms with Gasteiger partial charge in [-0.25, -0.2) is 0 Å². The Hall–Kier alpha value is -0.160. The van der Waals surface area contributed by atoms with Crippen molar-refractivity contribution in [2.45, 2.75) is 51.9 Å². The summed E-state index contributed by atoms with van der Waals surface area (Å²) in [5, 5.41) is 0. The van der Waals surface area contributed by atoms with Crippen LogP contribution < -0.4 is 0 Å². The Morgan fingerprint density at radius 2 is 2.00 bits per heavy atom. The molecule has 0 saturated carbocycles. The standard InChI is InChI=1S/C15H29NO3/c1-3-5-6-13(4-2)15-18-12-14(19-15)11-16-7-9-17-10-8-16/h13-15H,3-12H2,1-2H3/t13-,14+,15+/m0/s1. The highest BCUT2D eigenvalue weighted by atomic mass is 16.7. The topological polar surface area (TPSA) is 30.9 Å². The minimum absolute atomic E-state index is 0.0302. The maximum atomic E-state index is 6.11. The van der Waals surface area contributed by atoms with Crippen LogP contribution in [0.3, 0.4) is 0 Å². The van der Waals surface area contributed by atoms with Crippen LogP contribution in [0.25, 0.3) is 0 Å². The Morgan fingerprint density at radius 1 is 1.21 bits per heavy atom. The summed E-state index contributed by atoms with van der Waals surface area (Å²) < 4.78 is 17.4. The molecule has 0 bridgehead atoms. The molecule has 0 spiro atoms. The first kappa shape index (κ1) is 15.2. The SMILES string of the molecule is CCCC[C@H](CC)[C@@H]1OC[C@@H](CN2CCOCC2)O1. The Morgan fingerprint density at radius 3 is 2.68 bits per heavy atom. The zero-order valence-corrected chi connectivity index (χ0v) is 12.5. The van der Waals surface area contributed by atoms with Gasteiger partial charge in [0.25, 0.3) is 0 Å². The van der Waals surface area contributed by atoms with Gasteiger partial charge in [-0.2, -0.15) is 0 Å². The molecular formula is C15H29NO3. The lowest BCUT2D eigenvalue weighted by molar-refractivity contribution is -0.104. The van der Waals surface area contributed by atoms with E-state index < -0.39 is 0 Å². The summed E-state index contributed by atoms with van der Waals surface area (Å²) in [6.45, 7) is 9.98. The molecule has 2 aliphatic heterocycles. The van der Waals surface area contributed by atoms with Gasteiger partial charge in [-0.05, 0) is 12.8 Å². The van der Waals surface area contributed by atoms with Gasteiger partial charge in [0.1, 0.15) is 0 Å². The molecule has 4 nitrogen and oxygen atoms in total. The fraction of sp³-hybridized carbons (Fsp3) is 1.00. The quantitative estimate of drug-likeness (QED) is 0.711. The van der Waals surface area contributed by atoms with E-state index >= 15 is 0 Å². The largest absolute Gasteiger partial charge is 0.379 e. The van der Waals surface area contributed by atoms with Crippen molar-refractivity contribution in [1.82, 2.24) is 4.90 Å². The zero-order chi connectivity index (χ0) is 13.5. The lowest BCUT2D eigenvalue weighted by Gasteiger charge is -2.28. The van der Waals surface area contributed by atoms with Crippen molar-refractivity contribution in [1.29, 1.82) is 0 Å². The van der Waals surface area contributed by atoms with Gasteiger partial charge in [-0.3, -0.25) is 4.90 Å². The molecule has 3 atom stereocenters. The summed E-state index contributed by atoms with van der Waals surface area (Å²) in [5.74, 6) is 0.564. The van der Waals surface area contributed by atoms with E-state index in [1.807, 2.05) is 0 Å². The van der Waals surface area contributed by atoms with Gasteiger partial charge in [0.05, 0.1) is 25.9 Å². The van der Waals surface area contributed by atoms with Crippen molar-refractivity contribution >= 4 is 0 Å². The van der Waals surface area contributed by atoms with Crippen LogP contribution in [0.15, 0.2) is 0 Å². The fourth-order valence-corrected chi connectivity index (χ4v) is 2.88. The molecule has 19 heavy (non-hydrogen) atoms. The Balaban J connectivity index is 1.71. The summed E-state index contributed by atoms with van der Waals surface area (Å²) in [5.41, 5.74) is 0. The summed E-state index contributed by atoms with van der Waals surface area (Å²) >= 11 is 0. The first-order chi connectivity index (χ1) is 9.33. The van der Waals surface area contributed by atoms with E-state index in [1.165, 1.54) is 19.3 Å². The van der Waals surface area contributed by atoms with E-state index in [-0.39, 0.29) is 12.4 Å². The number of hydrogen-bond donors (Lipinski definition) is 0. The molecule has 2 saturated heterocycles. The monoisotopic (exact) mass is 271 g/mol. The van der Waals surface area contributed by atoms with Gasteiger partial charge in [0, 0.05) is 25.6 Å². The highest BCUT2D eigenvalue weighted by molar-refractivity contribution is 4.75. The fourth-order valence-electron chi connectivity index (χ4n) is 2.88. The minimum atomic E-state index is 0.0302. The molecule has 2 rings (SSSR count). The smallest absolute Gasteiger partial charge is 0.161 e. The number of morpholine rings is 1. The predicted molar refractivity (Wildman–Crippen MR) is 75.2 cm³/mol. The minimum Gasteiger partial charge on any atom is -0.379 e. The van der Waals surface area contributed by atoms with Crippen molar-refractivity contribution in [2.24, 2.45) is 5.92 Å². The molecule has 0 aromatic carbocycles. The second-order valence-corrected chi connectivity index (χ2v) is 5.68. The molecule has 112 valence electrons. The molecule has 0 radical (unpaired) electrons. The summed E-state index contributed by atoms with van der Waals surface area (Å²) in [4.78, 5) is 2.42. The van der Waals surface area contributed by atoms with Crippen molar-refractivity contribution in [3.05, 3.63) is 0 Å². The van der Waals surface area contributed by atoms with Crippen LogP contribution in [-0.4, -0.2) is 56.7 Å². The number of hydrogen-bond acceptors (Lipinski definition) is 4. The van der Waals surface area contributed by atoms with E-state index in [0.29, 0.717) is 5.92 Å². The molecule has 2 heterocycles. The van der Waals surface area contributed by atoms with Crippen LogP contribution in [0.4, 0.5) is 0 Å². The third-order valence-electron chi connectivity index (χ3n) is 4.18. The van der Waals surface area contributed by atoms with Crippen LogP contribution in [0.2, 0.25) is 0 Å². The molecule has 0 aliphatic carbocycles. The second kappa shape index (κ2) is 8.20. The van der Waals surface area contributed by atoms with Gasteiger partial charge >= 0.3 is 0 Å². The van der Waals surface area contributed by atoms with Gasteiger partial charge in [-0.1, -0.05) is 26.7 Å². The average Bonchev–Trinajstić information content (AvgIpc) is 2.89. The van der Waals surface area contributed by atoms with Crippen LogP contribution in [0, 0.1) is 5.92 Å². The second-order valence-electron chi connectivity index (χ2n) is 5.68. The molecule has 0 amide bonds. The summed E-state index contributed by atoms with van der Waals surface area (Å²) in [7, 11) is 0. The van der Waals surface area contributed by atoms with Crippen molar-refractivity contribution < 1.29 is 14.2 Å². The van der Waals surface area contributed by atoms with E-state index in [2.05, 4.69) is 18.7 Å². The Labute approximate surface area is 117 Å². The van der Waals surface area contributed by atoms with E-state index in [4.69, 9.17) is 14.2 Å². The molecule has 2 aliphatic rings. The van der Waals surface area contributed by atoms with Gasteiger partial charge in [0.15, 0.2) is 6.29 Å². The maximum Gasteiger partial charge on any atom is 0.161 e. The first-order valence-electron chi connectivity index (χ1n) is 7.90. The number of unbranched alkanes of at least 4 members (excludes halogenated alkanes) is 1. The van der Waals surface area contributed by atoms with Crippen molar-refractivity contribution in [3.63, 3.8) is 0 Å². The van der Waals surface area contributed by atoms with Gasteiger partial charge < -0.3 is 14.2 Å². The Kier molecular flexibility index (Phi) is 6.57. The zero-order valence-electron chi connectivity index (χ0n) is 12.5. The van der Waals surface area contributed by atoms with Crippen LogP contribution in [0.5, 0.6) is 0 Å². The van der Waals surface area contributed by atoms with Crippen molar-refractivity contribution in [3.8, 4) is 0 Å². The number of nitrogens with zero attached hydrogens (tertiary/aromatic N) is 1.